The molecule has 0 bridgehead atoms. The summed E-state index contributed by atoms with van der Waals surface area (Å²) in [5.74, 6) is -0.523. The molecular formula is C17H25FN4O3. The van der Waals surface area contributed by atoms with Gasteiger partial charge >= 0.3 is 0 Å². The smallest absolute Gasteiger partial charge is 0.272 e. The lowest BCUT2D eigenvalue weighted by Crippen LogP contribution is -2.53. The molecule has 0 saturated carbocycles. The van der Waals surface area contributed by atoms with Crippen LogP contribution in [0, 0.1) is 15.9 Å². The van der Waals surface area contributed by atoms with Crippen LogP contribution < -0.4 is 4.90 Å². The molecule has 1 aromatic carbocycles. The Morgan fingerprint density at radius 1 is 1.16 bits per heavy atom. The number of nitro groups is 1. The number of piperidine rings is 1. The number of rotatable bonds is 5. The van der Waals surface area contributed by atoms with Crippen LogP contribution in [0.15, 0.2) is 18.2 Å². The van der Waals surface area contributed by atoms with Crippen LogP contribution in [0.5, 0.6) is 0 Å². The Morgan fingerprint density at radius 2 is 1.84 bits per heavy atom. The van der Waals surface area contributed by atoms with Crippen molar-refractivity contribution >= 4 is 11.4 Å². The fourth-order valence-electron chi connectivity index (χ4n) is 3.83. The molecule has 0 aromatic heterocycles. The van der Waals surface area contributed by atoms with E-state index in [9.17, 15) is 14.5 Å². The van der Waals surface area contributed by atoms with Gasteiger partial charge in [0.05, 0.1) is 23.3 Å². The van der Waals surface area contributed by atoms with Gasteiger partial charge in [-0.05, 0) is 18.9 Å². The number of hydrogen-bond acceptors (Lipinski definition) is 6. The summed E-state index contributed by atoms with van der Waals surface area (Å²) in [4.78, 5) is 16.9. The molecule has 2 aliphatic rings. The number of non-ortho nitro benzene ring substituents is 1. The van der Waals surface area contributed by atoms with Crippen molar-refractivity contribution in [1.29, 1.82) is 0 Å². The molecule has 0 radical (unpaired) electrons. The van der Waals surface area contributed by atoms with Crippen molar-refractivity contribution in [3.63, 3.8) is 0 Å². The maximum Gasteiger partial charge on any atom is 0.272 e. The van der Waals surface area contributed by atoms with Crippen LogP contribution in [0.2, 0.25) is 0 Å². The highest BCUT2D eigenvalue weighted by molar-refractivity contribution is 5.52. The lowest BCUT2D eigenvalue weighted by atomic mass is 10.0. The van der Waals surface area contributed by atoms with E-state index < -0.39 is 10.7 Å². The summed E-state index contributed by atoms with van der Waals surface area (Å²) in [5, 5.41) is 19.7. The van der Waals surface area contributed by atoms with Crippen molar-refractivity contribution in [1.82, 2.24) is 9.80 Å². The summed E-state index contributed by atoms with van der Waals surface area (Å²) in [6.45, 7) is 6.46. The van der Waals surface area contributed by atoms with Crippen LogP contribution in [0.1, 0.15) is 12.8 Å². The topological polar surface area (TPSA) is 73.1 Å². The molecule has 138 valence electrons. The molecule has 0 amide bonds. The number of aliphatic hydroxyl groups is 1. The Bertz CT molecular complexity index is 600. The average Bonchev–Trinajstić information content (AvgIpc) is 2.63. The molecule has 2 saturated heterocycles. The van der Waals surface area contributed by atoms with Gasteiger partial charge in [-0.15, -0.1) is 0 Å². The third-order valence-electron chi connectivity index (χ3n) is 5.29. The highest BCUT2D eigenvalue weighted by Gasteiger charge is 2.28. The number of piperazine rings is 1. The van der Waals surface area contributed by atoms with E-state index in [0.29, 0.717) is 11.7 Å². The van der Waals surface area contributed by atoms with Gasteiger partial charge in [0.15, 0.2) is 5.82 Å². The van der Waals surface area contributed by atoms with E-state index in [4.69, 9.17) is 5.11 Å². The number of aliphatic hydroxyl groups excluding tert-OH is 1. The molecule has 0 atom stereocenters. The van der Waals surface area contributed by atoms with E-state index in [1.807, 2.05) is 4.90 Å². The predicted octanol–water partition coefficient (Wildman–Crippen LogP) is 1.31. The summed E-state index contributed by atoms with van der Waals surface area (Å²) in [7, 11) is 0. The minimum absolute atomic E-state index is 0.208. The molecule has 2 fully saturated rings. The molecule has 8 heteroatoms. The van der Waals surface area contributed by atoms with Gasteiger partial charge in [0, 0.05) is 57.9 Å². The van der Waals surface area contributed by atoms with Gasteiger partial charge in [0.25, 0.3) is 5.69 Å². The van der Waals surface area contributed by atoms with Gasteiger partial charge in [-0.1, -0.05) is 0 Å². The molecule has 25 heavy (non-hydrogen) atoms. The van der Waals surface area contributed by atoms with E-state index in [2.05, 4.69) is 9.80 Å². The molecule has 1 aromatic rings. The van der Waals surface area contributed by atoms with Crippen LogP contribution in [0.4, 0.5) is 15.8 Å². The highest BCUT2D eigenvalue weighted by atomic mass is 19.1. The van der Waals surface area contributed by atoms with Crippen molar-refractivity contribution in [3.05, 3.63) is 34.1 Å². The Kier molecular flexibility index (Phi) is 5.82. The van der Waals surface area contributed by atoms with Crippen molar-refractivity contribution in [2.24, 2.45) is 0 Å². The van der Waals surface area contributed by atoms with E-state index in [1.54, 1.807) is 0 Å². The number of halogens is 1. The van der Waals surface area contributed by atoms with Crippen molar-refractivity contribution in [2.45, 2.75) is 18.9 Å². The highest BCUT2D eigenvalue weighted by Crippen LogP contribution is 2.28. The summed E-state index contributed by atoms with van der Waals surface area (Å²) < 4.78 is 14.2. The fourth-order valence-corrected chi connectivity index (χ4v) is 3.83. The average molecular weight is 352 g/mol. The summed E-state index contributed by atoms with van der Waals surface area (Å²) in [6, 6.07) is 4.39. The molecule has 0 aliphatic carbocycles. The van der Waals surface area contributed by atoms with Gasteiger partial charge in [-0.3, -0.25) is 19.9 Å². The lowest BCUT2D eigenvalue weighted by molar-refractivity contribution is -0.385. The fraction of sp³-hybridized carbons (Fsp3) is 0.647. The number of benzene rings is 1. The van der Waals surface area contributed by atoms with Crippen LogP contribution in [0.3, 0.4) is 0 Å². The second kappa shape index (κ2) is 8.07. The molecule has 1 N–H and O–H groups in total. The quantitative estimate of drug-likeness (QED) is 0.636. The zero-order valence-corrected chi connectivity index (χ0v) is 14.3. The van der Waals surface area contributed by atoms with Gasteiger partial charge in [0.2, 0.25) is 0 Å². The van der Waals surface area contributed by atoms with E-state index in [0.717, 1.165) is 64.7 Å². The SMILES string of the molecule is O=[N+]([O-])c1ccc(N2CCC(N3CCN(CCO)CC3)CC2)c(F)c1. The van der Waals surface area contributed by atoms with Crippen LogP contribution >= 0.6 is 0 Å². The standard InChI is InChI=1S/C17H25FN4O3/c18-16-13-15(22(24)25)1-2-17(16)21-5-3-14(4-6-21)20-9-7-19(8-10-20)11-12-23/h1-2,13-14,23H,3-12H2. The number of β-amino-alcohol motifs (C(OH)–C–C–N with tert-alkyl or cyclic N) is 1. The zero-order valence-electron chi connectivity index (χ0n) is 14.3. The second-order valence-corrected chi connectivity index (χ2v) is 6.71. The van der Waals surface area contributed by atoms with Crippen LogP contribution in [-0.4, -0.2) is 78.3 Å². The first-order valence-electron chi connectivity index (χ1n) is 8.84. The van der Waals surface area contributed by atoms with Crippen molar-refractivity contribution in [2.75, 3.05) is 57.3 Å². The van der Waals surface area contributed by atoms with Gasteiger partial charge in [-0.25, -0.2) is 4.39 Å². The lowest BCUT2D eigenvalue weighted by Gasteiger charge is -2.43. The first kappa shape index (κ1) is 18.0. The number of hydrogen-bond donors (Lipinski definition) is 1. The Balaban J connectivity index is 1.53. The maximum atomic E-state index is 14.2. The molecule has 7 nitrogen and oxygen atoms in total. The molecule has 0 spiro atoms. The number of nitro benzene ring substituents is 1. The summed E-state index contributed by atoms with van der Waals surface area (Å²) in [5.41, 5.74) is 0.244. The van der Waals surface area contributed by atoms with E-state index in [-0.39, 0.29) is 12.3 Å². The summed E-state index contributed by atoms with van der Waals surface area (Å²) in [6.07, 6.45) is 1.94. The Labute approximate surface area is 146 Å². The molecule has 2 aliphatic heterocycles. The zero-order chi connectivity index (χ0) is 17.8. The van der Waals surface area contributed by atoms with E-state index >= 15 is 0 Å². The largest absolute Gasteiger partial charge is 0.395 e. The van der Waals surface area contributed by atoms with Gasteiger partial charge < -0.3 is 10.0 Å². The number of anilines is 1. The minimum atomic E-state index is -0.574. The van der Waals surface area contributed by atoms with E-state index in [1.165, 1.54) is 12.1 Å². The van der Waals surface area contributed by atoms with Crippen molar-refractivity contribution in [3.8, 4) is 0 Å². The van der Waals surface area contributed by atoms with Gasteiger partial charge in [0.1, 0.15) is 0 Å². The first-order chi connectivity index (χ1) is 12.1. The predicted molar refractivity (Wildman–Crippen MR) is 93.4 cm³/mol. The monoisotopic (exact) mass is 352 g/mol. The molecule has 2 heterocycles. The first-order valence-corrected chi connectivity index (χ1v) is 8.84. The van der Waals surface area contributed by atoms with Gasteiger partial charge in [-0.2, -0.15) is 0 Å². The third kappa shape index (κ3) is 4.26. The molecule has 0 unspecified atom stereocenters. The van der Waals surface area contributed by atoms with Crippen molar-refractivity contribution < 1.29 is 14.4 Å². The normalized spacial score (nSPS) is 20.8. The Hall–Kier alpha value is -1.77. The maximum absolute atomic E-state index is 14.2. The third-order valence-corrected chi connectivity index (χ3v) is 5.29. The summed E-state index contributed by atoms with van der Waals surface area (Å²) >= 11 is 0. The van der Waals surface area contributed by atoms with Crippen LogP contribution in [-0.2, 0) is 0 Å². The van der Waals surface area contributed by atoms with Crippen LogP contribution in [0.25, 0.3) is 0 Å². The minimum Gasteiger partial charge on any atom is -0.395 e. The second-order valence-electron chi connectivity index (χ2n) is 6.71. The molecule has 3 rings (SSSR count). The Morgan fingerprint density at radius 3 is 2.40 bits per heavy atom. The number of nitrogens with zero attached hydrogens (tertiary/aromatic N) is 4. The molecular weight excluding hydrogens is 327 g/mol.